The van der Waals surface area contributed by atoms with Crippen LogP contribution in [-0.2, 0) is 0 Å². The molecule has 0 saturated carbocycles. The summed E-state index contributed by atoms with van der Waals surface area (Å²) in [4.78, 5) is 0. The molecular formula is C12H16F3NO. The fourth-order valence-corrected chi connectivity index (χ4v) is 1.53. The average Bonchev–Trinajstić information content (AvgIpc) is 2.24. The Labute approximate surface area is 98.8 Å². The summed E-state index contributed by atoms with van der Waals surface area (Å²) in [6.45, 7) is 4.56. The van der Waals surface area contributed by atoms with Gasteiger partial charge in [-0.05, 0) is 26.0 Å². The highest BCUT2D eigenvalue weighted by atomic mass is 19.4. The molecule has 0 saturated heterocycles. The maximum Gasteiger partial charge on any atom is 0.573 e. The van der Waals surface area contributed by atoms with Crippen LogP contribution in [0.3, 0.4) is 0 Å². The van der Waals surface area contributed by atoms with Gasteiger partial charge >= 0.3 is 6.36 Å². The van der Waals surface area contributed by atoms with Crippen molar-refractivity contribution in [2.45, 2.75) is 32.7 Å². The molecule has 0 aliphatic heterocycles. The highest BCUT2D eigenvalue weighted by molar-refractivity contribution is 5.35. The van der Waals surface area contributed by atoms with Crippen molar-refractivity contribution in [1.29, 1.82) is 0 Å². The zero-order valence-corrected chi connectivity index (χ0v) is 9.84. The van der Waals surface area contributed by atoms with Crippen molar-refractivity contribution in [2.24, 2.45) is 0 Å². The Hall–Kier alpha value is -1.23. The lowest BCUT2D eigenvalue weighted by atomic mass is 10.1. The minimum absolute atomic E-state index is 0.142. The number of para-hydroxylation sites is 1. The highest BCUT2D eigenvalue weighted by Gasteiger charge is 2.32. The van der Waals surface area contributed by atoms with Gasteiger partial charge in [0.25, 0.3) is 0 Å². The first kappa shape index (κ1) is 13.8. The Balaban J connectivity index is 2.83. The van der Waals surface area contributed by atoms with E-state index in [0.29, 0.717) is 5.56 Å². The summed E-state index contributed by atoms with van der Waals surface area (Å²) in [5, 5.41) is 3.13. The van der Waals surface area contributed by atoms with Crippen LogP contribution in [0.25, 0.3) is 0 Å². The first-order valence-corrected chi connectivity index (χ1v) is 5.52. The summed E-state index contributed by atoms with van der Waals surface area (Å²) in [6, 6.07) is 6.01. The van der Waals surface area contributed by atoms with Crippen LogP contribution in [-0.4, -0.2) is 12.9 Å². The topological polar surface area (TPSA) is 21.3 Å². The maximum atomic E-state index is 12.2. The van der Waals surface area contributed by atoms with E-state index in [1.165, 1.54) is 12.1 Å². The van der Waals surface area contributed by atoms with E-state index in [9.17, 15) is 13.2 Å². The predicted molar refractivity (Wildman–Crippen MR) is 59.8 cm³/mol. The fraction of sp³-hybridized carbons (Fsp3) is 0.500. The minimum Gasteiger partial charge on any atom is -0.405 e. The summed E-state index contributed by atoms with van der Waals surface area (Å²) >= 11 is 0. The number of benzene rings is 1. The molecule has 1 aromatic rings. The van der Waals surface area contributed by atoms with Crippen molar-refractivity contribution >= 4 is 0 Å². The van der Waals surface area contributed by atoms with Gasteiger partial charge < -0.3 is 10.1 Å². The summed E-state index contributed by atoms with van der Waals surface area (Å²) in [6.07, 6.45) is -3.73. The van der Waals surface area contributed by atoms with Crippen LogP contribution >= 0.6 is 0 Å². The Morgan fingerprint density at radius 3 is 2.53 bits per heavy atom. The van der Waals surface area contributed by atoms with Gasteiger partial charge in [0, 0.05) is 11.6 Å². The number of alkyl halides is 3. The van der Waals surface area contributed by atoms with Crippen LogP contribution in [0, 0.1) is 0 Å². The zero-order valence-electron chi connectivity index (χ0n) is 9.84. The van der Waals surface area contributed by atoms with Gasteiger partial charge in [-0.15, -0.1) is 13.2 Å². The van der Waals surface area contributed by atoms with Gasteiger partial charge in [-0.2, -0.15) is 0 Å². The van der Waals surface area contributed by atoms with E-state index in [1.54, 1.807) is 12.1 Å². The molecule has 1 N–H and O–H groups in total. The largest absolute Gasteiger partial charge is 0.573 e. The number of hydrogen-bond donors (Lipinski definition) is 1. The number of halogens is 3. The lowest BCUT2D eigenvalue weighted by Gasteiger charge is -2.18. The quantitative estimate of drug-likeness (QED) is 0.857. The van der Waals surface area contributed by atoms with Gasteiger partial charge in [0.05, 0.1) is 0 Å². The number of ether oxygens (including phenoxy) is 1. The van der Waals surface area contributed by atoms with Crippen molar-refractivity contribution in [3.8, 4) is 5.75 Å². The van der Waals surface area contributed by atoms with Gasteiger partial charge in [0.2, 0.25) is 0 Å². The Morgan fingerprint density at radius 1 is 1.29 bits per heavy atom. The van der Waals surface area contributed by atoms with Crippen molar-refractivity contribution in [1.82, 2.24) is 5.32 Å². The minimum atomic E-state index is -4.65. The summed E-state index contributed by atoms with van der Waals surface area (Å²) < 4.78 is 40.6. The molecule has 0 bridgehead atoms. The summed E-state index contributed by atoms with van der Waals surface area (Å²) in [7, 11) is 0. The van der Waals surface area contributed by atoms with Gasteiger partial charge in [-0.3, -0.25) is 0 Å². The molecular weight excluding hydrogens is 231 g/mol. The normalized spacial score (nSPS) is 13.5. The Morgan fingerprint density at radius 2 is 1.94 bits per heavy atom. The molecule has 0 amide bonds. The molecule has 0 radical (unpaired) electrons. The van der Waals surface area contributed by atoms with Crippen molar-refractivity contribution < 1.29 is 17.9 Å². The zero-order chi connectivity index (χ0) is 12.9. The van der Waals surface area contributed by atoms with Crippen molar-refractivity contribution in [3.05, 3.63) is 29.8 Å². The summed E-state index contributed by atoms with van der Waals surface area (Å²) in [5.41, 5.74) is 0.512. The second-order valence-electron chi connectivity index (χ2n) is 3.76. The number of nitrogens with one attached hydrogen (secondary N) is 1. The second kappa shape index (κ2) is 5.91. The molecule has 5 heteroatoms. The van der Waals surface area contributed by atoms with E-state index < -0.39 is 6.36 Å². The molecule has 0 spiro atoms. The van der Waals surface area contributed by atoms with Crippen LogP contribution in [0.15, 0.2) is 24.3 Å². The molecule has 0 aromatic heterocycles. The van der Waals surface area contributed by atoms with E-state index in [2.05, 4.69) is 10.1 Å². The molecule has 0 fully saturated rings. The molecule has 0 aliphatic carbocycles. The number of rotatable bonds is 5. The van der Waals surface area contributed by atoms with E-state index in [1.807, 2.05) is 13.8 Å². The van der Waals surface area contributed by atoms with Gasteiger partial charge in [0.15, 0.2) is 0 Å². The number of hydrogen-bond acceptors (Lipinski definition) is 2. The standard InChI is InChI=1S/C12H16F3NO/c1-3-8-16-9(2)10-6-4-5-7-11(10)17-12(13,14)15/h4-7,9,16H,3,8H2,1-2H3. The second-order valence-corrected chi connectivity index (χ2v) is 3.76. The van der Waals surface area contributed by atoms with Gasteiger partial charge in [-0.1, -0.05) is 25.1 Å². The molecule has 96 valence electrons. The smallest absolute Gasteiger partial charge is 0.405 e. The van der Waals surface area contributed by atoms with Crippen LogP contribution in [0.1, 0.15) is 31.9 Å². The van der Waals surface area contributed by atoms with E-state index >= 15 is 0 Å². The monoisotopic (exact) mass is 247 g/mol. The highest BCUT2D eigenvalue weighted by Crippen LogP contribution is 2.29. The molecule has 1 atom stereocenters. The molecule has 0 heterocycles. The van der Waals surface area contributed by atoms with Crippen LogP contribution in [0.2, 0.25) is 0 Å². The van der Waals surface area contributed by atoms with Gasteiger partial charge in [-0.25, -0.2) is 0 Å². The molecule has 1 rings (SSSR count). The molecule has 17 heavy (non-hydrogen) atoms. The maximum absolute atomic E-state index is 12.2. The van der Waals surface area contributed by atoms with Gasteiger partial charge in [0.1, 0.15) is 5.75 Å². The van der Waals surface area contributed by atoms with E-state index in [0.717, 1.165) is 13.0 Å². The molecule has 1 unspecified atom stereocenters. The first-order valence-electron chi connectivity index (χ1n) is 5.52. The fourth-order valence-electron chi connectivity index (χ4n) is 1.53. The van der Waals surface area contributed by atoms with E-state index in [-0.39, 0.29) is 11.8 Å². The molecule has 0 aliphatic rings. The predicted octanol–water partition coefficient (Wildman–Crippen LogP) is 3.65. The van der Waals surface area contributed by atoms with E-state index in [4.69, 9.17) is 0 Å². The lowest BCUT2D eigenvalue weighted by molar-refractivity contribution is -0.275. The Bertz CT molecular complexity index is 352. The van der Waals surface area contributed by atoms with Crippen molar-refractivity contribution in [3.63, 3.8) is 0 Å². The lowest BCUT2D eigenvalue weighted by Crippen LogP contribution is -2.22. The Kier molecular flexibility index (Phi) is 4.81. The SMILES string of the molecule is CCCNC(C)c1ccccc1OC(F)(F)F. The van der Waals surface area contributed by atoms with Crippen LogP contribution in [0.5, 0.6) is 5.75 Å². The van der Waals surface area contributed by atoms with Crippen molar-refractivity contribution in [2.75, 3.05) is 6.54 Å². The van der Waals surface area contributed by atoms with Crippen LogP contribution in [0.4, 0.5) is 13.2 Å². The first-order chi connectivity index (χ1) is 7.94. The van der Waals surface area contributed by atoms with Crippen LogP contribution < -0.4 is 10.1 Å². The molecule has 2 nitrogen and oxygen atoms in total. The average molecular weight is 247 g/mol. The third-order valence-corrected chi connectivity index (χ3v) is 2.31. The summed E-state index contributed by atoms with van der Waals surface area (Å²) in [5.74, 6) is -0.142. The third kappa shape index (κ3) is 4.65. The third-order valence-electron chi connectivity index (χ3n) is 2.31. The molecule has 1 aromatic carbocycles.